The fourth-order valence-electron chi connectivity index (χ4n) is 3.25. The minimum atomic E-state index is 0.0675. The quantitative estimate of drug-likeness (QED) is 0.425. The van der Waals surface area contributed by atoms with E-state index in [4.69, 9.17) is 9.47 Å². The van der Waals surface area contributed by atoms with E-state index in [0.29, 0.717) is 0 Å². The highest BCUT2D eigenvalue weighted by Crippen LogP contribution is 2.27. The van der Waals surface area contributed by atoms with Crippen molar-refractivity contribution in [3.8, 4) is 17.2 Å². The Morgan fingerprint density at radius 2 is 1.07 bits per heavy atom. The van der Waals surface area contributed by atoms with E-state index in [0.717, 1.165) is 17.2 Å². The maximum Gasteiger partial charge on any atom is 0.208 e. The summed E-state index contributed by atoms with van der Waals surface area (Å²) in [5, 5.41) is 0. The highest BCUT2D eigenvalue weighted by atomic mass is 16.5. The Bertz CT molecular complexity index is 998. The van der Waals surface area contributed by atoms with Crippen LogP contribution in [0.4, 0.5) is 0 Å². The first kappa shape index (κ1) is 17.8. The standard InChI is InChI=1S/C25H22NO2/c1-27-22-14-10-20(11-15-22)25(26-18-6-3-7-19-26)21-12-16-24(17-13-21)28-23-8-4-2-5-9-23/h2-19,25H,1H3/q+1. The van der Waals surface area contributed by atoms with Gasteiger partial charge in [-0.1, -0.05) is 24.3 Å². The van der Waals surface area contributed by atoms with Crippen molar-refractivity contribution in [2.24, 2.45) is 0 Å². The van der Waals surface area contributed by atoms with E-state index in [-0.39, 0.29) is 6.04 Å². The number of aromatic nitrogens is 1. The molecular formula is C25H22NO2+. The van der Waals surface area contributed by atoms with Gasteiger partial charge in [0.15, 0.2) is 12.4 Å². The van der Waals surface area contributed by atoms with Gasteiger partial charge in [-0.3, -0.25) is 0 Å². The van der Waals surface area contributed by atoms with Crippen LogP contribution in [0.3, 0.4) is 0 Å². The number of hydrogen-bond acceptors (Lipinski definition) is 2. The number of hydrogen-bond donors (Lipinski definition) is 0. The fourth-order valence-corrected chi connectivity index (χ4v) is 3.25. The van der Waals surface area contributed by atoms with Gasteiger partial charge in [0, 0.05) is 23.3 Å². The van der Waals surface area contributed by atoms with Gasteiger partial charge >= 0.3 is 0 Å². The first-order chi connectivity index (χ1) is 13.8. The van der Waals surface area contributed by atoms with Gasteiger partial charge < -0.3 is 9.47 Å². The van der Waals surface area contributed by atoms with Gasteiger partial charge in [-0.25, -0.2) is 0 Å². The van der Waals surface area contributed by atoms with Gasteiger partial charge in [-0.05, 0) is 60.7 Å². The second-order valence-electron chi connectivity index (χ2n) is 6.48. The Balaban J connectivity index is 1.66. The molecule has 0 saturated heterocycles. The maximum absolute atomic E-state index is 5.93. The number of pyridine rings is 1. The lowest BCUT2D eigenvalue weighted by molar-refractivity contribution is -0.704. The zero-order valence-electron chi connectivity index (χ0n) is 15.7. The average molecular weight is 368 g/mol. The predicted molar refractivity (Wildman–Crippen MR) is 110 cm³/mol. The van der Waals surface area contributed by atoms with Gasteiger partial charge in [0.1, 0.15) is 17.2 Å². The lowest BCUT2D eigenvalue weighted by Gasteiger charge is -2.15. The van der Waals surface area contributed by atoms with Gasteiger partial charge in [-0.2, -0.15) is 4.57 Å². The van der Waals surface area contributed by atoms with E-state index in [1.807, 2.05) is 72.8 Å². The zero-order chi connectivity index (χ0) is 19.2. The molecule has 0 radical (unpaired) electrons. The van der Waals surface area contributed by atoms with E-state index >= 15 is 0 Å². The SMILES string of the molecule is COc1ccc(C(c2ccc(Oc3ccccc3)cc2)[n+]2ccccc2)cc1. The molecule has 0 saturated carbocycles. The second-order valence-corrected chi connectivity index (χ2v) is 6.48. The third-order valence-electron chi connectivity index (χ3n) is 4.64. The van der Waals surface area contributed by atoms with Crippen LogP contribution < -0.4 is 14.0 Å². The second kappa shape index (κ2) is 8.40. The molecule has 3 heteroatoms. The molecule has 0 N–H and O–H groups in total. The number of rotatable bonds is 6. The number of methoxy groups -OCH3 is 1. The number of benzene rings is 3. The third-order valence-corrected chi connectivity index (χ3v) is 4.64. The highest BCUT2D eigenvalue weighted by molar-refractivity contribution is 5.38. The normalized spacial score (nSPS) is 11.6. The summed E-state index contributed by atoms with van der Waals surface area (Å²) in [6.07, 6.45) is 4.17. The summed E-state index contributed by atoms with van der Waals surface area (Å²) in [6, 6.07) is 32.5. The van der Waals surface area contributed by atoms with Crippen molar-refractivity contribution >= 4 is 0 Å². The van der Waals surface area contributed by atoms with E-state index in [1.54, 1.807) is 7.11 Å². The molecule has 4 rings (SSSR count). The van der Waals surface area contributed by atoms with Crippen LogP contribution in [0.25, 0.3) is 0 Å². The summed E-state index contributed by atoms with van der Waals surface area (Å²) in [6.45, 7) is 0. The van der Waals surface area contributed by atoms with Crippen molar-refractivity contribution in [3.05, 3.63) is 121 Å². The summed E-state index contributed by atoms with van der Waals surface area (Å²) in [7, 11) is 1.68. The summed E-state index contributed by atoms with van der Waals surface area (Å²) < 4.78 is 13.4. The molecule has 0 bridgehead atoms. The predicted octanol–water partition coefficient (Wildman–Crippen LogP) is 5.41. The number of nitrogens with zero attached hydrogens (tertiary/aromatic N) is 1. The van der Waals surface area contributed by atoms with Crippen LogP contribution in [0.5, 0.6) is 17.2 Å². The van der Waals surface area contributed by atoms with Crippen LogP contribution in [0.2, 0.25) is 0 Å². The molecule has 0 spiro atoms. The van der Waals surface area contributed by atoms with Gasteiger partial charge in [0.2, 0.25) is 6.04 Å². The molecule has 1 unspecified atom stereocenters. The molecule has 0 aliphatic heterocycles. The molecule has 4 aromatic rings. The number of ether oxygens (including phenoxy) is 2. The summed E-state index contributed by atoms with van der Waals surface area (Å²) in [5.74, 6) is 2.51. The van der Waals surface area contributed by atoms with E-state index in [1.165, 1.54) is 11.1 Å². The minimum absolute atomic E-state index is 0.0675. The van der Waals surface area contributed by atoms with Crippen LogP contribution in [0.15, 0.2) is 109 Å². The Morgan fingerprint density at radius 1 is 0.571 bits per heavy atom. The fraction of sp³-hybridized carbons (Fsp3) is 0.0800. The molecular weight excluding hydrogens is 346 g/mol. The summed E-state index contributed by atoms with van der Waals surface area (Å²) in [5.41, 5.74) is 2.37. The number of para-hydroxylation sites is 1. The third kappa shape index (κ3) is 4.04. The lowest BCUT2D eigenvalue weighted by Crippen LogP contribution is -2.39. The largest absolute Gasteiger partial charge is 0.497 e. The molecule has 3 aromatic carbocycles. The van der Waals surface area contributed by atoms with Crippen molar-refractivity contribution < 1.29 is 14.0 Å². The first-order valence-corrected chi connectivity index (χ1v) is 9.26. The molecule has 138 valence electrons. The van der Waals surface area contributed by atoms with Gasteiger partial charge in [-0.15, -0.1) is 0 Å². The molecule has 0 amide bonds. The van der Waals surface area contributed by atoms with Gasteiger partial charge in [0.05, 0.1) is 7.11 Å². The molecule has 3 nitrogen and oxygen atoms in total. The Labute approximate surface area is 165 Å². The maximum atomic E-state index is 5.93. The van der Waals surface area contributed by atoms with Crippen LogP contribution in [-0.4, -0.2) is 7.11 Å². The van der Waals surface area contributed by atoms with Gasteiger partial charge in [0.25, 0.3) is 0 Å². The first-order valence-electron chi connectivity index (χ1n) is 9.26. The van der Waals surface area contributed by atoms with Crippen molar-refractivity contribution in [1.29, 1.82) is 0 Å². The average Bonchev–Trinajstić information content (AvgIpc) is 2.77. The molecule has 0 aliphatic carbocycles. The molecule has 1 aromatic heterocycles. The molecule has 1 heterocycles. The monoisotopic (exact) mass is 368 g/mol. The van der Waals surface area contributed by atoms with Crippen molar-refractivity contribution in [2.45, 2.75) is 6.04 Å². The van der Waals surface area contributed by atoms with Crippen molar-refractivity contribution in [2.75, 3.05) is 7.11 Å². The Hall–Kier alpha value is -3.59. The lowest BCUT2D eigenvalue weighted by atomic mass is 9.98. The van der Waals surface area contributed by atoms with E-state index in [9.17, 15) is 0 Å². The van der Waals surface area contributed by atoms with Crippen molar-refractivity contribution in [3.63, 3.8) is 0 Å². The van der Waals surface area contributed by atoms with Crippen LogP contribution >= 0.6 is 0 Å². The molecule has 1 atom stereocenters. The Kier molecular flexibility index (Phi) is 5.34. The van der Waals surface area contributed by atoms with Crippen LogP contribution in [0, 0.1) is 0 Å². The molecule has 0 aliphatic rings. The smallest absolute Gasteiger partial charge is 0.208 e. The topological polar surface area (TPSA) is 22.3 Å². The van der Waals surface area contributed by atoms with E-state index in [2.05, 4.69) is 41.2 Å². The Morgan fingerprint density at radius 3 is 1.64 bits per heavy atom. The zero-order valence-corrected chi connectivity index (χ0v) is 15.7. The minimum Gasteiger partial charge on any atom is -0.497 e. The van der Waals surface area contributed by atoms with Crippen LogP contribution in [-0.2, 0) is 0 Å². The highest BCUT2D eigenvalue weighted by Gasteiger charge is 2.23. The van der Waals surface area contributed by atoms with Crippen molar-refractivity contribution in [1.82, 2.24) is 0 Å². The van der Waals surface area contributed by atoms with Crippen LogP contribution in [0.1, 0.15) is 17.2 Å². The molecule has 28 heavy (non-hydrogen) atoms. The summed E-state index contributed by atoms with van der Waals surface area (Å²) in [4.78, 5) is 0. The molecule has 0 fully saturated rings. The van der Waals surface area contributed by atoms with E-state index < -0.39 is 0 Å². The summed E-state index contributed by atoms with van der Waals surface area (Å²) >= 11 is 0.